The standard InChI is InChI=1S/C11H14FNOS/c12-8-9-3-5-13(6-4-9)11(14)10-2-1-7-15-10/h1-2,7,9H,3-6,8H2. The number of alkyl halides is 1. The first kappa shape index (κ1) is 10.6. The summed E-state index contributed by atoms with van der Waals surface area (Å²) >= 11 is 1.47. The Balaban J connectivity index is 1.93. The Kier molecular flexibility index (Phi) is 3.36. The van der Waals surface area contributed by atoms with E-state index in [1.807, 2.05) is 22.4 Å². The lowest BCUT2D eigenvalue weighted by Crippen LogP contribution is -2.38. The summed E-state index contributed by atoms with van der Waals surface area (Å²) in [4.78, 5) is 14.5. The third kappa shape index (κ3) is 2.37. The molecule has 4 heteroatoms. The van der Waals surface area contributed by atoms with E-state index in [1.54, 1.807) is 0 Å². The summed E-state index contributed by atoms with van der Waals surface area (Å²) in [5.41, 5.74) is 0. The third-order valence-electron chi connectivity index (χ3n) is 2.85. The molecule has 2 heterocycles. The van der Waals surface area contributed by atoms with Crippen molar-refractivity contribution in [3.8, 4) is 0 Å². The van der Waals surface area contributed by atoms with E-state index in [-0.39, 0.29) is 18.5 Å². The maximum atomic E-state index is 12.4. The molecule has 1 aliphatic heterocycles. The molecule has 1 fully saturated rings. The normalized spacial score (nSPS) is 18.1. The van der Waals surface area contributed by atoms with Gasteiger partial charge in [-0.15, -0.1) is 11.3 Å². The highest BCUT2D eigenvalue weighted by Gasteiger charge is 2.23. The zero-order chi connectivity index (χ0) is 10.7. The summed E-state index contributed by atoms with van der Waals surface area (Å²) in [7, 11) is 0. The molecule has 0 bridgehead atoms. The molecule has 1 aromatic rings. The highest BCUT2D eigenvalue weighted by atomic mass is 32.1. The van der Waals surface area contributed by atoms with Gasteiger partial charge >= 0.3 is 0 Å². The first-order valence-electron chi connectivity index (χ1n) is 5.20. The number of nitrogens with zero attached hydrogens (tertiary/aromatic N) is 1. The smallest absolute Gasteiger partial charge is 0.263 e. The quantitative estimate of drug-likeness (QED) is 0.760. The molecule has 0 N–H and O–H groups in total. The zero-order valence-electron chi connectivity index (χ0n) is 8.49. The van der Waals surface area contributed by atoms with Crippen LogP contribution in [0.5, 0.6) is 0 Å². The molecule has 15 heavy (non-hydrogen) atoms. The minimum absolute atomic E-state index is 0.0994. The SMILES string of the molecule is O=C(c1cccs1)N1CCC(CF)CC1. The highest BCUT2D eigenvalue weighted by molar-refractivity contribution is 7.12. The van der Waals surface area contributed by atoms with Crippen LogP contribution in [0, 0.1) is 5.92 Å². The Hall–Kier alpha value is -0.900. The fourth-order valence-corrected chi connectivity index (χ4v) is 2.54. The molecule has 1 aromatic heterocycles. The second-order valence-electron chi connectivity index (χ2n) is 3.87. The van der Waals surface area contributed by atoms with Crippen LogP contribution in [0.15, 0.2) is 17.5 Å². The molecule has 82 valence electrons. The van der Waals surface area contributed by atoms with Crippen LogP contribution >= 0.6 is 11.3 Å². The van der Waals surface area contributed by atoms with Crippen LogP contribution in [0.25, 0.3) is 0 Å². The predicted molar refractivity (Wildman–Crippen MR) is 58.9 cm³/mol. The van der Waals surface area contributed by atoms with Crippen molar-refractivity contribution < 1.29 is 9.18 Å². The number of halogens is 1. The van der Waals surface area contributed by atoms with Crippen LogP contribution in [-0.2, 0) is 0 Å². The van der Waals surface area contributed by atoms with E-state index in [4.69, 9.17) is 0 Å². The molecule has 0 spiro atoms. The van der Waals surface area contributed by atoms with E-state index in [9.17, 15) is 9.18 Å². The van der Waals surface area contributed by atoms with Crippen molar-refractivity contribution in [3.63, 3.8) is 0 Å². The molecule has 0 saturated carbocycles. The molecule has 2 rings (SSSR count). The van der Waals surface area contributed by atoms with E-state index in [0.717, 1.165) is 17.7 Å². The topological polar surface area (TPSA) is 20.3 Å². The molecule has 0 aromatic carbocycles. The van der Waals surface area contributed by atoms with E-state index in [0.29, 0.717) is 13.1 Å². The first-order chi connectivity index (χ1) is 7.31. The van der Waals surface area contributed by atoms with Gasteiger partial charge in [0.05, 0.1) is 11.6 Å². The van der Waals surface area contributed by atoms with Gasteiger partial charge < -0.3 is 4.90 Å². The van der Waals surface area contributed by atoms with Crippen molar-refractivity contribution in [2.45, 2.75) is 12.8 Å². The monoisotopic (exact) mass is 227 g/mol. The Morgan fingerprint density at radius 3 is 2.80 bits per heavy atom. The van der Waals surface area contributed by atoms with Gasteiger partial charge in [0.15, 0.2) is 0 Å². The van der Waals surface area contributed by atoms with E-state index in [1.165, 1.54) is 11.3 Å². The fourth-order valence-electron chi connectivity index (χ4n) is 1.85. The van der Waals surface area contributed by atoms with Crippen LogP contribution < -0.4 is 0 Å². The van der Waals surface area contributed by atoms with Crippen LogP contribution in [0.4, 0.5) is 4.39 Å². The summed E-state index contributed by atoms with van der Waals surface area (Å²) in [5, 5.41) is 1.90. The van der Waals surface area contributed by atoms with Crippen molar-refractivity contribution in [2.75, 3.05) is 19.8 Å². The summed E-state index contributed by atoms with van der Waals surface area (Å²) in [5.74, 6) is 0.264. The second kappa shape index (κ2) is 4.75. The van der Waals surface area contributed by atoms with E-state index in [2.05, 4.69) is 0 Å². The average molecular weight is 227 g/mol. The molecule has 1 saturated heterocycles. The summed E-state index contributed by atoms with van der Waals surface area (Å²) in [6, 6.07) is 3.72. The van der Waals surface area contributed by atoms with E-state index < -0.39 is 0 Å². The minimum Gasteiger partial charge on any atom is -0.338 e. The fraction of sp³-hybridized carbons (Fsp3) is 0.545. The van der Waals surface area contributed by atoms with Crippen molar-refractivity contribution in [2.24, 2.45) is 5.92 Å². The number of hydrogen-bond acceptors (Lipinski definition) is 2. The number of thiophene rings is 1. The van der Waals surface area contributed by atoms with Gasteiger partial charge in [-0.1, -0.05) is 6.07 Å². The Morgan fingerprint density at radius 1 is 1.53 bits per heavy atom. The predicted octanol–water partition coefficient (Wildman–Crippen LogP) is 2.57. The van der Waals surface area contributed by atoms with Gasteiger partial charge in [-0.2, -0.15) is 0 Å². The average Bonchev–Trinajstić information content (AvgIpc) is 2.82. The Bertz CT molecular complexity index is 317. The van der Waals surface area contributed by atoms with Gasteiger partial charge in [0.1, 0.15) is 0 Å². The second-order valence-corrected chi connectivity index (χ2v) is 4.81. The van der Waals surface area contributed by atoms with Gasteiger partial charge in [-0.05, 0) is 30.2 Å². The number of hydrogen-bond donors (Lipinski definition) is 0. The van der Waals surface area contributed by atoms with Gasteiger partial charge in [-0.25, -0.2) is 0 Å². The lowest BCUT2D eigenvalue weighted by Gasteiger charge is -2.30. The number of carbonyl (C=O) groups is 1. The zero-order valence-corrected chi connectivity index (χ0v) is 9.30. The molecule has 1 aliphatic rings. The molecular formula is C11H14FNOS. The molecule has 2 nitrogen and oxygen atoms in total. The maximum Gasteiger partial charge on any atom is 0.263 e. The van der Waals surface area contributed by atoms with E-state index >= 15 is 0 Å². The summed E-state index contributed by atoms with van der Waals surface area (Å²) < 4.78 is 12.4. The maximum absolute atomic E-state index is 12.4. The van der Waals surface area contributed by atoms with Crippen LogP contribution in [0.3, 0.4) is 0 Å². The first-order valence-corrected chi connectivity index (χ1v) is 6.08. The van der Waals surface area contributed by atoms with Crippen molar-refractivity contribution in [1.29, 1.82) is 0 Å². The Morgan fingerprint density at radius 2 is 2.27 bits per heavy atom. The number of amides is 1. The van der Waals surface area contributed by atoms with Gasteiger partial charge in [0, 0.05) is 13.1 Å². The number of likely N-dealkylation sites (tertiary alicyclic amines) is 1. The molecular weight excluding hydrogens is 213 g/mol. The number of piperidine rings is 1. The minimum atomic E-state index is -0.249. The molecule has 0 aliphatic carbocycles. The molecule has 0 unspecified atom stereocenters. The largest absolute Gasteiger partial charge is 0.338 e. The van der Waals surface area contributed by atoms with Crippen molar-refractivity contribution in [3.05, 3.63) is 22.4 Å². The van der Waals surface area contributed by atoms with Gasteiger partial charge in [0.2, 0.25) is 0 Å². The van der Waals surface area contributed by atoms with Gasteiger partial charge in [0.25, 0.3) is 5.91 Å². The van der Waals surface area contributed by atoms with Crippen molar-refractivity contribution in [1.82, 2.24) is 4.90 Å². The third-order valence-corrected chi connectivity index (χ3v) is 3.71. The van der Waals surface area contributed by atoms with Crippen LogP contribution in [0.2, 0.25) is 0 Å². The lowest BCUT2D eigenvalue weighted by molar-refractivity contribution is 0.0682. The highest BCUT2D eigenvalue weighted by Crippen LogP contribution is 2.20. The lowest BCUT2D eigenvalue weighted by atomic mass is 9.98. The van der Waals surface area contributed by atoms with Crippen LogP contribution in [0.1, 0.15) is 22.5 Å². The molecule has 0 radical (unpaired) electrons. The van der Waals surface area contributed by atoms with Gasteiger partial charge in [-0.3, -0.25) is 9.18 Å². The molecule has 0 atom stereocenters. The summed E-state index contributed by atoms with van der Waals surface area (Å²) in [6.07, 6.45) is 1.60. The molecule has 1 amide bonds. The van der Waals surface area contributed by atoms with Crippen LogP contribution in [-0.4, -0.2) is 30.6 Å². The van der Waals surface area contributed by atoms with Crippen molar-refractivity contribution >= 4 is 17.2 Å². The number of carbonyl (C=O) groups excluding carboxylic acids is 1. The summed E-state index contributed by atoms with van der Waals surface area (Å²) in [6.45, 7) is 1.15. The number of rotatable bonds is 2. The Labute approximate surface area is 92.7 Å².